The van der Waals surface area contributed by atoms with Crippen molar-refractivity contribution in [2.45, 2.75) is 19.8 Å². The fraction of sp³-hybridized carbons (Fsp3) is 1.00. The van der Waals surface area contributed by atoms with Crippen molar-refractivity contribution in [3.63, 3.8) is 0 Å². The van der Waals surface area contributed by atoms with Crippen molar-refractivity contribution in [2.24, 2.45) is 0 Å². The summed E-state index contributed by atoms with van der Waals surface area (Å²) >= 11 is 0. The molecule has 0 aliphatic carbocycles. The molecule has 0 bridgehead atoms. The Morgan fingerprint density at radius 2 is 2.29 bits per heavy atom. The van der Waals surface area contributed by atoms with Gasteiger partial charge < -0.3 is 9.84 Å². The molecule has 0 aliphatic heterocycles. The van der Waals surface area contributed by atoms with Crippen LogP contribution in [0.5, 0.6) is 0 Å². The summed E-state index contributed by atoms with van der Waals surface area (Å²) in [6, 6.07) is 0. The van der Waals surface area contributed by atoms with E-state index in [1.807, 2.05) is 0 Å². The van der Waals surface area contributed by atoms with Crippen LogP contribution in [0.4, 0.5) is 0 Å². The van der Waals surface area contributed by atoms with E-state index in [1.165, 1.54) is 0 Å². The van der Waals surface area contributed by atoms with Crippen molar-refractivity contribution < 1.29 is 9.84 Å². The van der Waals surface area contributed by atoms with Gasteiger partial charge in [-0.1, -0.05) is 13.3 Å². The van der Waals surface area contributed by atoms with Gasteiger partial charge in [0.15, 0.2) is 0 Å². The van der Waals surface area contributed by atoms with Gasteiger partial charge in [0, 0.05) is 6.61 Å². The zero-order valence-electron chi connectivity index (χ0n) is 4.68. The van der Waals surface area contributed by atoms with Crippen molar-refractivity contribution in [3.8, 4) is 0 Å². The zero-order chi connectivity index (χ0) is 5.54. The van der Waals surface area contributed by atoms with Crippen LogP contribution in [0.2, 0.25) is 0 Å². The standard InChI is InChI=1S/C5H12O2/c1-2-3-4-7-5-6/h6H,2-5H2,1H3. The SMILES string of the molecule is CCCCOCO. The van der Waals surface area contributed by atoms with Crippen LogP contribution in [0.3, 0.4) is 0 Å². The minimum Gasteiger partial charge on any atom is -0.371 e. The Morgan fingerprint density at radius 1 is 1.57 bits per heavy atom. The van der Waals surface area contributed by atoms with Gasteiger partial charge in [-0.2, -0.15) is 0 Å². The van der Waals surface area contributed by atoms with E-state index in [1.54, 1.807) is 0 Å². The monoisotopic (exact) mass is 104 g/mol. The Hall–Kier alpha value is -0.0800. The van der Waals surface area contributed by atoms with E-state index in [2.05, 4.69) is 11.7 Å². The van der Waals surface area contributed by atoms with Gasteiger partial charge in [0.25, 0.3) is 0 Å². The van der Waals surface area contributed by atoms with E-state index in [4.69, 9.17) is 5.11 Å². The summed E-state index contributed by atoms with van der Waals surface area (Å²) in [5.41, 5.74) is 0. The van der Waals surface area contributed by atoms with Crippen LogP contribution < -0.4 is 0 Å². The second-order valence-electron chi connectivity index (χ2n) is 1.39. The van der Waals surface area contributed by atoms with Gasteiger partial charge in [-0.05, 0) is 6.42 Å². The normalized spacial score (nSPS) is 9.43. The Morgan fingerprint density at radius 3 is 2.71 bits per heavy atom. The van der Waals surface area contributed by atoms with Crippen molar-refractivity contribution >= 4 is 0 Å². The Kier molecular flexibility index (Phi) is 5.85. The van der Waals surface area contributed by atoms with E-state index in [0.29, 0.717) is 6.61 Å². The molecule has 44 valence electrons. The average molecular weight is 104 g/mol. The number of hydrogen-bond acceptors (Lipinski definition) is 2. The third-order valence-electron chi connectivity index (χ3n) is 0.734. The smallest absolute Gasteiger partial charge is 0.143 e. The summed E-state index contributed by atoms with van der Waals surface area (Å²) in [5, 5.41) is 8.07. The first-order valence-corrected chi connectivity index (χ1v) is 2.60. The molecule has 0 heterocycles. The molecule has 7 heavy (non-hydrogen) atoms. The van der Waals surface area contributed by atoms with Crippen molar-refractivity contribution in [2.75, 3.05) is 13.4 Å². The molecule has 0 amide bonds. The predicted octanol–water partition coefficient (Wildman–Crippen LogP) is 0.753. The number of ether oxygens (including phenoxy) is 1. The van der Waals surface area contributed by atoms with Crippen LogP contribution in [0, 0.1) is 0 Å². The Labute approximate surface area is 44.1 Å². The number of rotatable bonds is 4. The van der Waals surface area contributed by atoms with Crippen molar-refractivity contribution in [1.82, 2.24) is 0 Å². The maximum absolute atomic E-state index is 8.07. The molecule has 0 spiro atoms. The topological polar surface area (TPSA) is 29.5 Å². The van der Waals surface area contributed by atoms with Crippen LogP contribution in [0.15, 0.2) is 0 Å². The Balaban J connectivity index is 2.45. The summed E-state index contributed by atoms with van der Waals surface area (Å²) in [6.07, 6.45) is 2.17. The molecule has 2 heteroatoms. The first-order valence-electron chi connectivity index (χ1n) is 2.60. The van der Waals surface area contributed by atoms with E-state index >= 15 is 0 Å². The zero-order valence-corrected chi connectivity index (χ0v) is 4.68. The molecule has 0 saturated heterocycles. The van der Waals surface area contributed by atoms with E-state index < -0.39 is 0 Å². The van der Waals surface area contributed by atoms with Gasteiger partial charge in [0.1, 0.15) is 6.79 Å². The third kappa shape index (κ3) is 5.92. The summed E-state index contributed by atoms with van der Waals surface area (Å²) in [4.78, 5) is 0. The fourth-order valence-electron chi connectivity index (χ4n) is 0.311. The maximum Gasteiger partial charge on any atom is 0.143 e. The number of aliphatic hydroxyl groups is 1. The largest absolute Gasteiger partial charge is 0.371 e. The molecule has 1 N–H and O–H groups in total. The fourth-order valence-corrected chi connectivity index (χ4v) is 0.311. The minimum atomic E-state index is -0.139. The van der Waals surface area contributed by atoms with Gasteiger partial charge in [-0.25, -0.2) is 0 Å². The molecule has 0 atom stereocenters. The molecule has 0 rings (SSSR count). The molecule has 0 aromatic rings. The van der Waals surface area contributed by atoms with Gasteiger partial charge in [0.05, 0.1) is 0 Å². The predicted molar refractivity (Wildman–Crippen MR) is 27.9 cm³/mol. The highest BCUT2D eigenvalue weighted by Crippen LogP contribution is 1.84. The van der Waals surface area contributed by atoms with Crippen LogP contribution in [-0.4, -0.2) is 18.5 Å². The van der Waals surface area contributed by atoms with Gasteiger partial charge in [-0.15, -0.1) is 0 Å². The highest BCUT2D eigenvalue weighted by atomic mass is 16.6. The van der Waals surface area contributed by atoms with Crippen LogP contribution in [-0.2, 0) is 4.74 Å². The molecular formula is C5H12O2. The lowest BCUT2D eigenvalue weighted by Gasteiger charge is -1.94. The lowest BCUT2D eigenvalue weighted by atomic mass is 10.4. The van der Waals surface area contributed by atoms with Gasteiger partial charge in [-0.3, -0.25) is 0 Å². The first kappa shape index (κ1) is 6.92. The molecule has 0 aliphatic rings. The quantitative estimate of drug-likeness (QED) is 0.421. The molecule has 0 aromatic heterocycles. The third-order valence-corrected chi connectivity index (χ3v) is 0.734. The second-order valence-corrected chi connectivity index (χ2v) is 1.39. The molecule has 0 aromatic carbocycles. The molecule has 0 fully saturated rings. The van der Waals surface area contributed by atoms with Crippen LogP contribution in [0.25, 0.3) is 0 Å². The van der Waals surface area contributed by atoms with Gasteiger partial charge in [0.2, 0.25) is 0 Å². The highest BCUT2D eigenvalue weighted by Gasteiger charge is 1.79. The van der Waals surface area contributed by atoms with E-state index in [-0.39, 0.29) is 6.79 Å². The van der Waals surface area contributed by atoms with E-state index in [0.717, 1.165) is 12.8 Å². The van der Waals surface area contributed by atoms with Gasteiger partial charge >= 0.3 is 0 Å². The molecular weight excluding hydrogens is 92.1 g/mol. The Bertz CT molecular complexity index is 25.3. The number of unbranched alkanes of at least 4 members (excludes halogenated alkanes) is 1. The average Bonchev–Trinajstić information content (AvgIpc) is 1.69. The summed E-state index contributed by atoms with van der Waals surface area (Å²) < 4.78 is 4.63. The molecule has 0 saturated carbocycles. The first-order chi connectivity index (χ1) is 3.41. The lowest BCUT2D eigenvalue weighted by Crippen LogP contribution is -1.93. The number of hydrogen-bond donors (Lipinski definition) is 1. The maximum atomic E-state index is 8.07. The van der Waals surface area contributed by atoms with Crippen LogP contribution >= 0.6 is 0 Å². The van der Waals surface area contributed by atoms with Crippen molar-refractivity contribution in [3.05, 3.63) is 0 Å². The molecule has 0 unspecified atom stereocenters. The minimum absolute atomic E-state index is 0.139. The molecule has 0 radical (unpaired) electrons. The summed E-state index contributed by atoms with van der Waals surface area (Å²) in [7, 11) is 0. The highest BCUT2D eigenvalue weighted by molar-refractivity contribution is 4.27. The lowest BCUT2D eigenvalue weighted by molar-refractivity contribution is -0.00234. The van der Waals surface area contributed by atoms with Crippen molar-refractivity contribution in [1.29, 1.82) is 0 Å². The molecule has 2 nitrogen and oxygen atoms in total. The number of aliphatic hydroxyl groups excluding tert-OH is 1. The van der Waals surface area contributed by atoms with Crippen LogP contribution in [0.1, 0.15) is 19.8 Å². The summed E-state index contributed by atoms with van der Waals surface area (Å²) in [5.74, 6) is 0. The second kappa shape index (κ2) is 5.92. The van der Waals surface area contributed by atoms with E-state index in [9.17, 15) is 0 Å². The summed E-state index contributed by atoms with van der Waals surface area (Å²) in [6.45, 7) is 2.63.